The van der Waals surface area contributed by atoms with Gasteiger partial charge in [0.1, 0.15) is 5.84 Å². The van der Waals surface area contributed by atoms with Gasteiger partial charge in [0.2, 0.25) is 0 Å². The molecular formula is C7H11N3O2S. The maximum Gasteiger partial charge on any atom is 0.274 e. The van der Waals surface area contributed by atoms with Gasteiger partial charge in [-0.1, -0.05) is 6.92 Å². The molecule has 1 aliphatic rings. The van der Waals surface area contributed by atoms with Crippen molar-refractivity contribution >= 4 is 29.4 Å². The van der Waals surface area contributed by atoms with Gasteiger partial charge >= 0.3 is 0 Å². The van der Waals surface area contributed by atoms with Gasteiger partial charge in [-0.3, -0.25) is 9.59 Å². The largest absolute Gasteiger partial charge is 0.312 e. The minimum absolute atomic E-state index is 0.406. The highest BCUT2D eigenvalue weighted by molar-refractivity contribution is 7.99. The van der Waals surface area contributed by atoms with E-state index >= 15 is 0 Å². The van der Waals surface area contributed by atoms with Crippen molar-refractivity contribution in [3.63, 3.8) is 0 Å². The van der Waals surface area contributed by atoms with Gasteiger partial charge in [-0.2, -0.15) is 16.8 Å². The number of nitrogens with two attached hydrogens (primary N) is 1. The second-order valence-electron chi connectivity index (χ2n) is 2.50. The SMILES string of the molecule is CCSCC1=NC(=O)C(N)C(=O)N1. The first-order chi connectivity index (χ1) is 6.15. The average Bonchev–Trinajstić information content (AvgIpc) is 2.10. The lowest BCUT2D eigenvalue weighted by Crippen LogP contribution is -2.52. The molecule has 0 saturated carbocycles. The van der Waals surface area contributed by atoms with Crippen molar-refractivity contribution in [2.24, 2.45) is 10.7 Å². The highest BCUT2D eigenvalue weighted by Gasteiger charge is 2.27. The Labute approximate surface area is 80.2 Å². The molecule has 0 radical (unpaired) electrons. The highest BCUT2D eigenvalue weighted by Crippen LogP contribution is 2.02. The predicted molar refractivity (Wildman–Crippen MR) is 51.6 cm³/mol. The second-order valence-corrected chi connectivity index (χ2v) is 3.78. The van der Waals surface area contributed by atoms with Crippen LogP contribution in [-0.4, -0.2) is 35.2 Å². The number of thioether (sulfide) groups is 1. The van der Waals surface area contributed by atoms with Crippen molar-refractivity contribution in [1.29, 1.82) is 0 Å². The van der Waals surface area contributed by atoms with Crippen molar-refractivity contribution in [2.45, 2.75) is 13.0 Å². The quantitative estimate of drug-likeness (QED) is 0.581. The monoisotopic (exact) mass is 201 g/mol. The maximum atomic E-state index is 11.0. The van der Waals surface area contributed by atoms with Gasteiger partial charge in [0.15, 0.2) is 6.04 Å². The van der Waals surface area contributed by atoms with Crippen LogP contribution in [0.15, 0.2) is 4.99 Å². The van der Waals surface area contributed by atoms with E-state index in [4.69, 9.17) is 5.73 Å². The number of rotatable bonds is 3. The molecule has 0 saturated heterocycles. The Bertz CT molecular complexity index is 264. The summed E-state index contributed by atoms with van der Waals surface area (Å²) in [4.78, 5) is 25.7. The standard InChI is InChI=1S/C7H11N3O2S/c1-2-13-3-4-9-6(11)5(8)7(12)10-4/h5H,2-3,8H2,1H3,(H,9,10,11,12). The lowest BCUT2D eigenvalue weighted by molar-refractivity contribution is -0.129. The van der Waals surface area contributed by atoms with Gasteiger partial charge in [-0.15, -0.1) is 0 Å². The molecule has 1 heterocycles. The van der Waals surface area contributed by atoms with Crippen LogP contribution < -0.4 is 11.1 Å². The molecule has 0 aromatic heterocycles. The van der Waals surface area contributed by atoms with E-state index in [0.717, 1.165) is 5.75 Å². The van der Waals surface area contributed by atoms with E-state index in [2.05, 4.69) is 10.3 Å². The Kier molecular flexibility index (Phi) is 3.44. The first-order valence-electron chi connectivity index (χ1n) is 3.90. The normalized spacial score (nSPS) is 22.6. The van der Waals surface area contributed by atoms with Crippen LogP contribution in [0, 0.1) is 0 Å². The predicted octanol–water partition coefficient (Wildman–Crippen LogP) is -0.878. The van der Waals surface area contributed by atoms with Gasteiger partial charge in [0.25, 0.3) is 11.8 Å². The summed E-state index contributed by atoms with van der Waals surface area (Å²) in [6.45, 7) is 1.99. The number of nitrogens with zero attached hydrogens (tertiary/aromatic N) is 1. The summed E-state index contributed by atoms with van der Waals surface area (Å²) in [5.41, 5.74) is 5.24. The second kappa shape index (κ2) is 4.38. The van der Waals surface area contributed by atoms with Crippen molar-refractivity contribution in [3.8, 4) is 0 Å². The lowest BCUT2D eigenvalue weighted by Gasteiger charge is -2.16. The topological polar surface area (TPSA) is 84.6 Å². The number of carbonyl (C=O) groups is 2. The molecule has 0 bridgehead atoms. The summed E-state index contributed by atoms with van der Waals surface area (Å²) in [5, 5.41) is 2.48. The number of amidine groups is 1. The number of carbonyl (C=O) groups excluding carboxylic acids is 2. The molecule has 1 aliphatic heterocycles. The van der Waals surface area contributed by atoms with E-state index in [9.17, 15) is 9.59 Å². The van der Waals surface area contributed by atoms with E-state index in [1.54, 1.807) is 11.8 Å². The number of aliphatic imine (C=N–C) groups is 1. The fourth-order valence-corrected chi connectivity index (χ4v) is 1.36. The number of hydrogen-bond acceptors (Lipinski definition) is 4. The first kappa shape index (κ1) is 10.2. The van der Waals surface area contributed by atoms with E-state index < -0.39 is 17.9 Å². The highest BCUT2D eigenvalue weighted by atomic mass is 32.2. The van der Waals surface area contributed by atoms with E-state index in [-0.39, 0.29) is 0 Å². The van der Waals surface area contributed by atoms with Crippen LogP contribution in [0.4, 0.5) is 0 Å². The van der Waals surface area contributed by atoms with Crippen LogP contribution in [0.1, 0.15) is 6.92 Å². The van der Waals surface area contributed by atoms with Crippen molar-refractivity contribution < 1.29 is 9.59 Å². The molecule has 0 aromatic carbocycles. The minimum atomic E-state index is -1.13. The van der Waals surface area contributed by atoms with Gasteiger partial charge in [0, 0.05) is 0 Å². The van der Waals surface area contributed by atoms with Crippen LogP contribution >= 0.6 is 11.8 Å². The summed E-state index contributed by atoms with van der Waals surface area (Å²) < 4.78 is 0. The van der Waals surface area contributed by atoms with Crippen LogP contribution in [0.5, 0.6) is 0 Å². The number of hydrogen-bond donors (Lipinski definition) is 2. The Morgan fingerprint density at radius 1 is 1.62 bits per heavy atom. The van der Waals surface area contributed by atoms with Gasteiger partial charge in [-0.05, 0) is 5.75 Å². The molecule has 1 unspecified atom stereocenters. The molecule has 0 aliphatic carbocycles. The van der Waals surface area contributed by atoms with Crippen molar-refractivity contribution in [1.82, 2.24) is 5.32 Å². The zero-order valence-corrected chi connectivity index (χ0v) is 8.06. The molecular weight excluding hydrogens is 190 g/mol. The Morgan fingerprint density at radius 2 is 2.31 bits per heavy atom. The maximum absolute atomic E-state index is 11.0. The van der Waals surface area contributed by atoms with E-state index in [1.807, 2.05) is 6.92 Å². The lowest BCUT2D eigenvalue weighted by atomic mass is 10.2. The van der Waals surface area contributed by atoms with Crippen LogP contribution in [-0.2, 0) is 9.59 Å². The molecule has 2 amide bonds. The number of nitrogens with one attached hydrogen (secondary N) is 1. The third kappa shape index (κ3) is 2.53. The molecule has 72 valence electrons. The zero-order valence-electron chi connectivity index (χ0n) is 7.24. The van der Waals surface area contributed by atoms with Crippen LogP contribution in [0.3, 0.4) is 0 Å². The van der Waals surface area contributed by atoms with Crippen LogP contribution in [0.2, 0.25) is 0 Å². The third-order valence-electron chi connectivity index (χ3n) is 1.50. The summed E-state index contributed by atoms with van der Waals surface area (Å²) in [7, 11) is 0. The minimum Gasteiger partial charge on any atom is -0.312 e. The summed E-state index contributed by atoms with van der Waals surface area (Å²) in [6.07, 6.45) is 0. The molecule has 13 heavy (non-hydrogen) atoms. The molecule has 5 nitrogen and oxygen atoms in total. The average molecular weight is 201 g/mol. The summed E-state index contributed by atoms with van der Waals surface area (Å²) in [6, 6.07) is -1.13. The Morgan fingerprint density at radius 3 is 2.85 bits per heavy atom. The Balaban J connectivity index is 2.62. The third-order valence-corrected chi connectivity index (χ3v) is 2.39. The Hall–Kier alpha value is -0.880. The van der Waals surface area contributed by atoms with E-state index in [1.165, 1.54) is 0 Å². The fraction of sp³-hybridized carbons (Fsp3) is 0.571. The summed E-state index contributed by atoms with van der Waals surface area (Å²) >= 11 is 1.58. The van der Waals surface area contributed by atoms with E-state index in [0.29, 0.717) is 11.6 Å². The van der Waals surface area contributed by atoms with Gasteiger partial charge in [0.05, 0.1) is 5.75 Å². The smallest absolute Gasteiger partial charge is 0.274 e. The van der Waals surface area contributed by atoms with Crippen LogP contribution in [0.25, 0.3) is 0 Å². The fourth-order valence-electron chi connectivity index (χ4n) is 0.830. The molecule has 1 rings (SSSR count). The molecule has 0 spiro atoms. The van der Waals surface area contributed by atoms with Gasteiger partial charge < -0.3 is 11.1 Å². The molecule has 3 N–H and O–H groups in total. The van der Waals surface area contributed by atoms with Gasteiger partial charge in [-0.25, -0.2) is 0 Å². The molecule has 0 fully saturated rings. The first-order valence-corrected chi connectivity index (χ1v) is 5.06. The number of amides is 2. The molecule has 0 aromatic rings. The molecule has 1 atom stereocenters. The van der Waals surface area contributed by atoms with Crippen molar-refractivity contribution in [2.75, 3.05) is 11.5 Å². The summed E-state index contributed by atoms with van der Waals surface area (Å²) in [5.74, 6) is 0.834. The molecule has 6 heteroatoms. The van der Waals surface area contributed by atoms with Crippen molar-refractivity contribution in [3.05, 3.63) is 0 Å². The zero-order chi connectivity index (χ0) is 9.84.